The minimum Gasteiger partial charge on any atom is -0.507 e. The van der Waals surface area contributed by atoms with Crippen molar-refractivity contribution in [2.45, 2.75) is 30.7 Å². The van der Waals surface area contributed by atoms with Crippen molar-refractivity contribution in [3.8, 4) is 22.8 Å². The van der Waals surface area contributed by atoms with Gasteiger partial charge in [-0.2, -0.15) is 5.10 Å². The van der Waals surface area contributed by atoms with Crippen molar-refractivity contribution in [3.05, 3.63) is 54.8 Å². The molecule has 0 saturated carbocycles. The molecule has 10 heteroatoms. The van der Waals surface area contributed by atoms with Crippen LogP contribution in [0, 0.1) is 5.82 Å². The van der Waals surface area contributed by atoms with Crippen LogP contribution >= 0.6 is 0 Å². The molecule has 2 bridgehead atoms. The van der Waals surface area contributed by atoms with E-state index in [1.54, 1.807) is 24.1 Å². The van der Waals surface area contributed by atoms with Gasteiger partial charge in [0.1, 0.15) is 11.9 Å². The Kier molecular flexibility index (Phi) is 4.43. The SMILES string of the molecule is CN(c1cnc(-c2ccc(-n3cc(F)cn3)cc2O)nn1)[C@H]1C[C@@H]2C=C[C@@H](N2)[C@H]1F. The van der Waals surface area contributed by atoms with E-state index in [0.29, 0.717) is 23.5 Å². The van der Waals surface area contributed by atoms with Crippen LogP contribution in [0.15, 0.2) is 48.9 Å². The maximum atomic E-state index is 14.8. The van der Waals surface area contributed by atoms with Crippen molar-refractivity contribution in [3.63, 3.8) is 0 Å². The summed E-state index contributed by atoms with van der Waals surface area (Å²) in [4.78, 5) is 6.06. The van der Waals surface area contributed by atoms with E-state index in [0.717, 1.165) is 6.20 Å². The third-order valence-electron chi connectivity index (χ3n) is 5.61. The number of piperidine rings is 1. The summed E-state index contributed by atoms with van der Waals surface area (Å²) in [5.41, 5.74) is 0.869. The Bertz CT molecular complexity index is 1100. The second kappa shape index (κ2) is 7.13. The summed E-state index contributed by atoms with van der Waals surface area (Å²) in [5.74, 6) is 0.123. The van der Waals surface area contributed by atoms with E-state index in [1.807, 2.05) is 12.2 Å². The van der Waals surface area contributed by atoms with Crippen LogP contribution in [-0.2, 0) is 0 Å². The van der Waals surface area contributed by atoms with E-state index >= 15 is 0 Å². The first-order valence-corrected chi connectivity index (χ1v) is 9.54. The average Bonchev–Trinajstić information content (AvgIpc) is 3.37. The number of aromatic hydroxyl groups is 1. The van der Waals surface area contributed by atoms with Crippen LogP contribution in [0.4, 0.5) is 14.6 Å². The van der Waals surface area contributed by atoms with Gasteiger partial charge in [-0.25, -0.2) is 18.4 Å². The predicted octanol–water partition coefficient (Wildman–Crippen LogP) is 2.01. The van der Waals surface area contributed by atoms with Gasteiger partial charge in [0.15, 0.2) is 17.5 Å². The lowest BCUT2D eigenvalue weighted by atomic mass is 9.96. The van der Waals surface area contributed by atoms with E-state index in [4.69, 9.17) is 0 Å². The Morgan fingerprint density at radius 3 is 2.80 bits per heavy atom. The first-order valence-electron chi connectivity index (χ1n) is 9.54. The number of phenolic OH excluding ortho intramolecular Hbond substituents is 1. The molecule has 1 saturated heterocycles. The van der Waals surface area contributed by atoms with Crippen LogP contribution in [0.2, 0.25) is 0 Å². The molecule has 0 amide bonds. The first kappa shape index (κ1) is 18.6. The quantitative estimate of drug-likeness (QED) is 0.635. The summed E-state index contributed by atoms with van der Waals surface area (Å²) in [5, 5.41) is 25.8. The lowest BCUT2D eigenvalue weighted by Gasteiger charge is -2.38. The molecule has 1 aromatic carbocycles. The van der Waals surface area contributed by atoms with Gasteiger partial charge in [0.05, 0.1) is 41.9 Å². The molecule has 154 valence electrons. The fourth-order valence-electron chi connectivity index (χ4n) is 3.98. The highest BCUT2D eigenvalue weighted by Gasteiger charge is 2.41. The van der Waals surface area contributed by atoms with Gasteiger partial charge in [0.25, 0.3) is 0 Å². The molecule has 3 aromatic rings. The summed E-state index contributed by atoms with van der Waals surface area (Å²) in [6.07, 6.45) is 7.25. The van der Waals surface area contributed by atoms with E-state index in [9.17, 15) is 13.9 Å². The van der Waals surface area contributed by atoms with Crippen LogP contribution in [0.1, 0.15) is 6.42 Å². The van der Waals surface area contributed by atoms with Crippen molar-refractivity contribution < 1.29 is 13.9 Å². The molecule has 0 spiro atoms. The van der Waals surface area contributed by atoms with Gasteiger partial charge in [-0.1, -0.05) is 12.2 Å². The molecule has 0 unspecified atom stereocenters. The van der Waals surface area contributed by atoms with Gasteiger partial charge in [-0.15, -0.1) is 10.2 Å². The lowest BCUT2D eigenvalue weighted by molar-refractivity contribution is 0.187. The van der Waals surface area contributed by atoms with Gasteiger partial charge >= 0.3 is 0 Å². The first-order chi connectivity index (χ1) is 14.5. The maximum absolute atomic E-state index is 14.8. The largest absolute Gasteiger partial charge is 0.507 e. The number of anilines is 1. The summed E-state index contributed by atoms with van der Waals surface area (Å²) >= 11 is 0. The number of nitrogens with zero attached hydrogens (tertiary/aromatic N) is 6. The lowest BCUT2D eigenvalue weighted by Crippen LogP contribution is -2.56. The molecule has 0 radical (unpaired) electrons. The van der Waals surface area contributed by atoms with E-state index in [1.165, 1.54) is 23.1 Å². The minimum absolute atomic E-state index is 0.0869. The normalized spacial score (nSPS) is 24.9. The number of rotatable bonds is 4. The highest BCUT2D eigenvalue weighted by atomic mass is 19.1. The summed E-state index contributed by atoms with van der Waals surface area (Å²) in [6.45, 7) is 0. The standard InChI is InChI=1S/C20H19F2N7O/c1-28(16-6-12-2-5-15(25-12)19(16)22)18-9-23-20(27-26-18)14-4-3-13(7-17(14)30)29-10-11(21)8-24-29/h2-5,7-10,12,15-16,19,25,30H,6H2,1H3/t12-,15+,16-,19+/m0/s1. The van der Waals surface area contributed by atoms with Gasteiger partial charge in [0, 0.05) is 19.2 Å². The molecule has 2 N–H and O–H groups in total. The average molecular weight is 411 g/mol. The van der Waals surface area contributed by atoms with Crippen molar-refractivity contribution in [2.75, 3.05) is 11.9 Å². The third-order valence-corrected chi connectivity index (χ3v) is 5.61. The molecule has 5 rings (SSSR count). The van der Waals surface area contributed by atoms with E-state index in [2.05, 4.69) is 25.6 Å². The van der Waals surface area contributed by atoms with Gasteiger partial charge in [-0.05, 0) is 18.6 Å². The molecular weight excluding hydrogens is 392 g/mol. The zero-order chi connectivity index (χ0) is 20.8. The predicted molar refractivity (Wildman–Crippen MR) is 106 cm³/mol. The van der Waals surface area contributed by atoms with Gasteiger partial charge < -0.3 is 15.3 Å². The number of halogens is 2. The minimum atomic E-state index is -1.06. The fourth-order valence-corrected chi connectivity index (χ4v) is 3.98. The van der Waals surface area contributed by atoms with E-state index in [-0.39, 0.29) is 29.7 Å². The molecule has 2 aliphatic heterocycles. The Morgan fingerprint density at radius 1 is 1.23 bits per heavy atom. The van der Waals surface area contributed by atoms with Crippen molar-refractivity contribution in [1.82, 2.24) is 30.3 Å². The maximum Gasteiger partial charge on any atom is 0.185 e. The summed E-state index contributed by atoms with van der Waals surface area (Å²) < 4.78 is 29.2. The highest BCUT2D eigenvalue weighted by Crippen LogP contribution is 2.31. The number of hydrogen-bond donors (Lipinski definition) is 2. The van der Waals surface area contributed by atoms with Crippen LogP contribution < -0.4 is 10.2 Å². The second-order valence-corrected chi connectivity index (χ2v) is 7.49. The Balaban J connectivity index is 1.36. The Labute approximate surface area is 170 Å². The van der Waals surface area contributed by atoms with Crippen LogP contribution in [-0.4, -0.2) is 61.4 Å². The molecule has 30 heavy (non-hydrogen) atoms. The Morgan fingerprint density at radius 2 is 2.10 bits per heavy atom. The smallest absolute Gasteiger partial charge is 0.185 e. The second-order valence-electron chi connectivity index (χ2n) is 7.49. The molecule has 4 heterocycles. The summed E-state index contributed by atoms with van der Waals surface area (Å²) in [7, 11) is 1.78. The molecule has 0 aliphatic carbocycles. The number of fused-ring (bicyclic) bond motifs is 2. The highest BCUT2D eigenvalue weighted by molar-refractivity contribution is 5.66. The van der Waals surface area contributed by atoms with Crippen LogP contribution in [0.5, 0.6) is 5.75 Å². The van der Waals surface area contributed by atoms with Crippen molar-refractivity contribution in [1.29, 1.82) is 0 Å². The molecule has 4 atom stereocenters. The van der Waals surface area contributed by atoms with Crippen LogP contribution in [0.25, 0.3) is 17.1 Å². The van der Waals surface area contributed by atoms with Gasteiger partial charge in [0.2, 0.25) is 0 Å². The summed E-state index contributed by atoms with van der Waals surface area (Å²) in [6, 6.07) is 4.26. The number of nitrogens with one attached hydrogen (secondary N) is 1. The van der Waals surface area contributed by atoms with Crippen molar-refractivity contribution in [2.24, 2.45) is 0 Å². The zero-order valence-electron chi connectivity index (χ0n) is 16.0. The molecule has 8 nitrogen and oxygen atoms in total. The number of hydrogen-bond acceptors (Lipinski definition) is 7. The van der Waals surface area contributed by atoms with E-state index < -0.39 is 12.0 Å². The topological polar surface area (TPSA) is 92.0 Å². The number of benzene rings is 1. The molecular formula is C20H19F2N7O. The zero-order valence-corrected chi connectivity index (χ0v) is 16.0. The fraction of sp³-hybridized carbons (Fsp3) is 0.300. The third kappa shape index (κ3) is 3.18. The number of alkyl halides is 1. The Hall–Kier alpha value is -3.40. The number of aromatic nitrogens is 5. The molecule has 1 fully saturated rings. The number of phenols is 1. The van der Waals surface area contributed by atoms with Crippen LogP contribution in [0.3, 0.4) is 0 Å². The molecule has 2 aliphatic rings. The van der Waals surface area contributed by atoms with Gasteiger partial charge in [-0.3, -0.25) is 0 Å². The molecule has 2 aromatic heterocycles. The van der Waals surface area contributed by atoms with Crippen molar-refractivity contribution >= 4 is 5.82 Å². The monoisotopic (exact) mass is 411 g/mol.